The normalized spacial score (nSPS) is 10.7. The van der Waals surface area contributed by atoms with Crippen LogP contribution in [0.1, 0.15) is 25.3 Å². The quantitative estimate of drug-likeness (QED) is 0.562. The minimum absolute atomic E-state index is 0.0442. The lowest BCUT2D eigenvalue weighted by Gasteiger charge is -2.19. The van der Waals surface area contributed by atoms with Crippen LogP contribution in [-0.2, 0) is 17.8 Å². The average molecular weight is 400 g/mol. The minimum atomic E-state index is -0.145. The maximum absolute atomic E-state index is 12.5. The van der Waals surface area contributed by atoms with Crippen LogP contribution in [-0.4, -0.2) is 34.1 Å². The van der Waals surface area contributed by atoms with Crippen LogP contribution in [0.2, 0.25) is 5.02 Å². The monoisotopic (exact) mass is 399 g/mol. The fourth-order valence-corrected chi connectivity index (χ4v) is 2.76. The topological polar surface area (TPSA) is 68.5 Å². The van der Waals surface area contributed by atoms with Gasteiger partial charge in [0.1, 0.15) is 12.3 Å². The zero-order valence-electron chi connectivity index (χ0n) is 15.9. The lowest BCUT2D eigenvalue weighted by Crippen LogP contribution is -2.34. The minimum Gasteiger partial charge on any atom is -0.484 e. The fourth-order valence-electron chi connectivity index (χ4n) is 2.63. The van der Waals surface area contributed by atoms with Gasteiger partial charge in [0.15, 0.2) is 6.61 Å². The Labute approximate surface area is 169 Å². The number of hydrogen-bond acceptors (Lipinski definition) is 5. The largest absolute Gasteiger partial charge is 0.484 e. The number of ether oxygens (including phenoxy) is 1. The highest BCUT2D eigenvalue weighted by Crippen LogP contribution is 2.19. The van der Waals surface area contributed by atoms with Gasteiger partial charge < -0.3 is 14.2 Å². The molecule has 0 aliphatic heterocycles. The van der Waals surface area contributed by atoms with Crippen molar-refractivity contribution in [3.05, 3.63) is 65.0 Å². The van der Waals surface area contributed by atoms with E-state index in [0.717, 1.165) is 12.0 Å². The molecule has 0 fully saturated rings. The van der Waals surface area contributed by atoms with E-state index in [2.05, 4.69) is 17.1 Å². The van der Waals surface area contributed by atoms with Crippen LogP contribution in [0.5, 0.6) is 5.75 Å². The molecular weight excluding hydrogens is 378 g/mol. The Bertz CT molecular complexity index is 907. The number of aryl methyl sites for hydroxylation is 1. The molecule has 146 valence electrons. The van der Waals surface area contributed by atoms with Crippen molar-refractivity contribution in [2.75, 3.05) is 13.2 Å². The van der Waals surface area contributed by atoms with Crippen molar-refractivity contribution >= 4 is 17.5 Å². The summed E-state index contributed by atoms with van der Waals surface area (Å²) < 4.78 is 10.9. The van der Waals surface area contributed by atoms with Gasteiger partial charge in [-0.15, -0.1) is 0 Å². The summed E-state index contributed by atoms with van der Waals surface area (Å²) in [6.07, 6.45) is 0.963. The van der Waals surface area contributed by atoms with Gasteiger partial charge in [0.2, 0.25) is 11.7 Å². The molecule has 6 nitrogen and oxygen atoms in total. The molecule has 3 rings (SSSR count). The van der Waals surface area contributed by atoms with Gasteiger partial charge in [-0.05, 0) is 55.3 Å². The van der Waals surface area contributed by atoms with Crippen molar-refractivity contribution in [1.82, 2.24) is 15.0 Å². The molecule has 0 atom stereocenters. The maximum atomic E-state index is 12.5. The first-order valence-corrected chi connectivity index (χ1v) is 9.55. The highest BCUT2D eigenvalue weighted by molar-refractivity contribution is 6.30. The standard InChI is InChI=1S/C21H22ClN3O3/c1-3-15-5-11-18(12-6-15)27-14-20(26)25(4-2)13-19-23-21(24-28-19)16-7-9-17(22)10-8-16/h5-12H,3-4,13-14H2,1-2H3. The Hall–Kier alpha value is -2.86. The Morgan fingerprint density at radius 2 is 1.82 bits per heavy atom. The number of carbonyl (C=O) groups is 1. The van der Waals surface area contributed by atoms with Crippen LogP contribution >= 0.6 is 11.6 Å². The lowest BCUT2D eigenvalue weighted by atomic mass is 10.2. The first-order valence-electron chi connectivity index (χ1n) is 9.17. The van der Waals surface area contributed by atoms with Crippen LogP contribution in [0, 0.1) is 0 Å². The Morgan fingerprint density at radius 3 is 2.46 bits per heavy atom. The molecule has 2 aromatic carbocycles. The summed E-state index contributed by atoms with van der Waals surface area (Å²) in [5.74, 6) is 1.35. The summed E-state index contributed by atoms with van der Waals surface area (Å²) in [4.78, 5) is 18.5. The molecule has 0 aliphatic carbocycles. The molecule has 1 amide bonds. The smallest absolute Gasteiger partial charge is 0.260 e. The van der Waals surface area contributed by atoms with Crippen molar-refractivity contribution in [2.24, 2.45) is 0 Å². The molecule has 7 heteroatoms. The summed E-state index contributed by atoms with van der Waals surface area (Å²) in [5.41, 5.74) is 2.02. The third kappa shape index (κ3) is 5.10. The van der Waals surface area contributed by atoms with Gasteiger partial charge in [-0.25, -0.2) is 0 Å². The van der Waals surface area contributed by atoms with Gasteiger partial charge >= 0.3 is 0 Å². The molecule has 0 saturated heterocycles. The number of benzene rings is 2. The first-order chi connectivity index (χ1) is 13.6. The molecule has 0 radical (unpaired) electrons. The molecule has 0 spiro atoms. The summed E-state index contributed by atoms with van der Waals surface area (Å²) in [7, 11) is 0. The predicted molar refractivity (Wildman–Crippen MR) is 107 cm³/mol. The number of aromatic nitrogens is 2. The highest BCUT2D eigenvalue weighted by Gasteiger charge is 2.17. The maximum Gasteiger partial charge on any atom is 0.260 e. The second-order valence-electron chi connectivity index (χ2n) is 6.21. The van der Waals surface area contributed by atoms with E-state index in [9.17, 15) is 4.79 Å². The number of rotatable bonds is 8. The number of likely N-dealkylation sites (N-methyl/N-ethyl adjacent to an activating group) is 1. The predicted octanol–water partition coefficient (Wildman–Crippen LogP) is 4.38. The Balaban J connectivity index is 1.58. The van der Waals surface area contributed by atoms with Gasteiger partial charge in [-0.2, -0.15) is 4.98 Å². The summed E-state index contributed by atoms with van der Waals surface area (Å²) >= 11 is 5.90. The molecular formula is C21H22ClN3O3. The zero-order chi connectivity index (χ0) is 19.9. The number of amides is 1. The van der Waals surface area contributed by atoms with Crippen molar-refractivity contribution in [2.45, 2.75) is 26.8 Å². The second-order valence-corrected chi connectivity index (χ2v) is 6.65. The summed E-state index contributed by atoms with van der Waals surface area (Å²) in [6, 6.07) is 14.9. The summed E-state index contributed by atoms with van der Waals surface area (Å²) in [5, 5.41) is 4.61. The SMILES string of the molecule is CCc1ccc(OCC(=O)N(CC)Cc2nc(-c3ccc(Cl)cc3)no2)cc1. The van der Waals surface area contributed by atoms with Crippen LogP contribution in [0.15, 0.2) is 53.1 Å². The molecule has 28 heavy (non-hydrogen) atoms. The summed E-state index contributed by atoms with van der Waals surface area (Å²) in [6.45, 7) is 4.68. The molecule has 0 bridgehead atoms. The average Bonchev–Trinajstić information content (AvgIpc) is 3.19. The van der Waals surface area contributed by atoms with E-state index in [-0.39, 0.29) is 19.1 Å². The third-order valence-electron chi connectivity index (χ3n) is 4.32. The molecule has 0 saturated carbocycles. The number of nitrogens with zero attached hydrogens (tertiary/aromatic N) is 3. The van der Waals surface area contributed by atoms with Gasteiger partial charge in [-0.3, -0.25) is 4.79 Å². The van der Waals surface area contributed by atoms with E-state index in [1.165, 1.54) is 5.56 Å². The van der Waals surface area contributed by atoms with Crippen LogP contribution in [0.4, 0.5) is 0 Å². The van der Waals surface area contributed by atoms with Gasteiger partial charge in [0.25, 0.3) is 5.91 Å². The van der Waals surface area contributed by atoms with Crippen molar-refractivity contribution in [3.63, 3.8) is 0 Å². The van der Waals surface area contributed by atoms with Crippen LogP contribution in [0.3, 0.4) is 0 Å². The Kier molecular flexibility index (Phi) is 6.66. The first kappa shape index (κ1) is 19.9. The van der Waals surface area contributed by atoms with E-state index < -0.39 is 0 Å². The van der Waals surface area contributed by atoms with Crippen molar-refractivity contribution in [1.29, 1.82) is 0 Å². The van der Waals surface area contributed by atoms with Gasteiger partial charge in [0, 0.05) is 17.1 Å². The van der Waals surface area contributed by atoms with E-state index in [1.807, 2.05) is 43.3 Å². The van der Waals surface area contributed by atoms with E-state index in [0.29, 0.717) is 29.0 Å². The zero-order valence-corrected chi connectivity index (χ0v) is 16.6. The van der Waals surface area contributed by atoms with Crippen LogP contribution < -0.4 is 4.74 Å². The lowest BCUT2D eigenvalue weighted by molar-refractivity contribution is -0.134. The molecule has 0 aliphatic rings. The Morgan fingerprint density at radius 1 is 1.11 bits per heavy atom. The molecule has 1 heterocycles. The fraction of sp³-hybridized carbons (Fsp3) is 0.286. The highest BCUT2D eigenvalue weighted by atomic mass is 35.5. The van der Waals surface area contributed by atoms with Gasteiger partial charge in [-0.1, -0.05) is 35.8 Å². The molecule has 0 unspecified atom stereocenters. The van der Waals surface area contributed by atoms with E-state index in [1.54, 1.807) is 17.0 Å². The van der Waals surface area contributed by atoms with Crippen molar-refractivity contribution in [3.8, 4) is 17.1 Å². The number of hydrogen-bond donors (Lipinski definition) is 0. The number of halogens is 1. The second kappa shape index (κ2) is 9.37. The van der Waals surface area contributed by atoms with Crippen molar-refractivity contribution < 1.29 is 14.1 Å². The van der Waals surface area contributed by atoms with E-state index >= 15 is 0 Å². The molecule has 1 aromatic heterocycles. The third-order valence-corrected chi connectivity index (χ3v) is 4.58. The molecule has 0 N–H and O–H groups in total. The molecule has 3 aromatic rings. The number of carbonyl (C=O) groups excluding carboxylic acids is 1. The van der Waals surface area contributed by atoms with Crippen LogP contribution in [0.25, 0.3) is 11.4 Å². The van der Waals surface area contributed by atoms with Gasteiger partial charge in [0.05, 0.1) is 0 Å². The van der Waals surface area contributed by atoms with E-state index in [4.69, 9.17) is 20.9 Å².